The fourth-order valence-electron chi connectivity index (χ4n) is 1.30. The molecule has 0 atom stereocenters. The highest BCUT2D eigenvalue weighted by Gasteiger charge is 2.21. The van der Waals surface area contributed by atoms with E-state index in [4.69, 9.17) is 6.42 Å². The van der Waals surface area contributed by atoms with Crippen molar-refractivity contribution in [2.24, 2.45) is 5.92 Å². The van der Waals surface area contributed by atoms with Crippen LogP contribution in [0.1, 0.15) is 12.8 Å². The number of hydrogen-bond acceptors (Lipinski definition) is 1. The van der Waals surface area contributed by atoms with Crippen molar-refractivity contribution in [1.82, 2.24) is 4.90 Å². The monoisotopic (exact) mass is 123 g/mol. The molecule has 1 aliphatic heterocycles. The second-order valence-electron chi connectivity index (χ2n) is 2.83. The lowest BCUT2D eigenvalue weighted by Crippen LogP contribution is -2.43. The van der Waals surface area contributed by atoms with Crippen molar-refractivity contribution < 1.29 is 0 Å². The van der Waals surface area contributed by atoms with E-state index >= 15 is 0 Å². The summed E-state index contributed by atoms with van der Waals surface area (Å²) in [5.41, 5.74) is 0. The molecule has 0 bridgehead atoms. The van der Waals surface area contributed by atoms with Crippen LogP contribution in [0.25, 0.3) is 0 Å². The normalized spacial score (nSPS) is 20.9. The molecule has 1 aliphatic rings. The first-order valence-corrected chi connectivity index (χ1v) is 3.45. The maximum atomic E-state index is 5.13. The molecule has 1 rings (SSSR count). The maximum Gasteiger partial charge on any atom is 0.00896 e. The van der Waals surface area contributed by atoms with Crippen LogP contribution < -0.4 is 0 Å². The van der Waals surface area contributed by atoms with E-state index in [2.05, 4.69) is 17.9 Å². The van der Waals surface area contributed by atoms with E-state index in [1.54, 1.807) is 0 Å². The Morgan fingerprint density at radius 2 is 2.33 bits per heavy atom. The minimum Gasteiger partial charge on any atom is -0.306 e. The molecule has 1 fully saturated rings. The number of terminal acetylenes is 1. The van der Waals surface area contributed by atoms with Gasteiger partial charge in [0.15, 0.2) is 0 Å². The van der Waals surface area contributed by atoms with E-state index in [0.717, 1.165) is 12.3 Å². The Bertz CT molecular complexity index is 117. The molecule has 0 aromatic carbocycles. The van der Waals surface area contributed by atoms with Gasteiger partial charge in [-0.15, -0.1) is 12.3 Å². The largest absolute Gasteiger partial charge is 0.306 e. The van der Waals surface area contributed by atoms with Gasteiger partial charge < -0.3 is 4.90 Å². The third kappa shape index (κ3) is 1.73. The molecule has 0 amide bonds. The Hall–Kier alpha value is -0.480. The number of nitrogens with zero attached hydrogens (tertiary/aromatic N) is 1. The van der Waals surface area contributed by atoms with Gasteiger partial charge in [0.2, 0.25) is 0 Å². The molecule has 1 heterocycles. The van der Waals surface area contributed by atoms with Crippen LogP contribution in [0, 0.1) is 18.3 Å². The smallest absolute Gasteiger partial charge is 0.00896 e. The Labute approximate surface area is 57.0 Å². The third-order valence-corrected chi connectivity index (χ3v) is 1.84. The number of rotatable bonds is 2. The zero-order valence-corrected chi connectivity index (χ0v) is 5.93. The summed E-state index contributed by atoms with van der Waals surface area (Å²) in [7, 11) is 2.15. The number of hydrogen-bond donors (Lipinski definition) is 0. The predicted molar refractivity (Wildman–Crippen MR) is 39.1 cm³/mol. The second-order valence-corrected chi connectivity index (χ2v) is 2.83. The first-order valence-electron chi connectivity index (χ1n) is 3.45. The summed E-state index contributed by atoms with van der Waals surface area (Å²) in [6, 6.07) is 0. The molecule has 9 heavy (non-hydrogen) atoms. The molecular weight excluding hydrogens is 110 g/mol. The molecule has 0 unspecified atom stereocenters. The zero-order valence-electron chi connectivity index (χ0n) is 5.93. The average molecular weight is 123 g/mol. The van der Waals surface area contributed by atoms with Crippen molar-refractivity contribution in [1.29, 1.82) is 0 Å². The van der Waals surface area contributed by atoms with Gasteiger partial charge >= 0.3 is 0 Å². The van der Waals surface area contributed by atoms with Crippen molar-refractivity contribution in [3.63, 3.8) is 0 Å². The van der Waals surface area contributed by atoms with Gasteiger partial charge in [-0.1, -0.05) is 0 Å². The molecule has 1 nitrogen and oxygen atoms in total. The van der Waals surface area contributed by atoms with Crippen LogP contribution in [-0.2, 0) is 0 Å². The highest BCUT2D eigenvalue weighted by molar-refractivity contribution is 4.87. The molecule has 0 aliphatic carbocycles. The van der Waals surface area contributed by atoms with Crippen LogP contribution >= 0.6 is 0 Å². The first-order chi connectivity index (χ1) is 4.33. The lowest BCUT2D eigenvalue weighted by molar-refractivity contribution is 0.128. The molecule has 1 saturated heterocycles. The molecule has 0 radical (unpaired) electrons. The number of likely N-dealkylation sites (tertiary alicyclic amines) is 1. The summed E-state index contributed by atoms with van der Waals surface area (Å²) in [4.78, 5) is 2.32. The highest BCUT2D eigenvalue weighted by Crippen LogP contribution is 2.17. The fraction of sp³-hybridized carbons (Fsp3) is 0.750. The molecule has 0 aromatic heterocycles. The minimum absolute atomic E-state index is 0.894. The fourth-order valence-corrected chi connectivity index (χ4v) is 1.30. The average Bonchev–Trinajstić information content (AvgIpc) is 1.78. The van der Waals surface area contributed by atoms with Crippen LogP contribution in [-0.4, -0.2) is 25.0 Å². The summed E-state index contributed by atoms with van der Waals surface area (Å²) in [6.45, 7) is 2.50. The lowest BCUT2D eigenvalue weighted by Gasteiger charge is -2.35. The Balaban J connectivity index is 1.99. The van der Waals surface area contributed by atoms with Crippen molar-refractivity contribution in [3.8, 4) is 12.3 Å². The van der Waals surface area contributed by atoms with Gasteiger partial charge in [-0.2, -0.15) is 0 Å². The molecule has 50 valence electrons. The molecular formula is C8H13N. The van der Waals surface area contributed by atoms with Crippen LogP contribution in [0.15, 0.2) is 0 Å². The van der Waals surface area contributed by atoms with Crippen molar-refractivity contribution in [2.75, 3.05) is 20.1 Å². The van der Waals surface area contributed by atoms with E-state index in [1.165, 1.54) is 19.5 Å². The topological polar surface area (TPSA) is 3.24 Å². The zero-order chi connectivity index (χ0) is 6.69. The SMILES string of the molecule is C#CCCC1CN(C)C1. The summed E-state index contributed by atoms with van der Waals surface area (Å²) in [6.07, 6.45) is 7.31. The summed E-state index contributed by atoms with van der Waals surface area (Å²) in [5.74, 6) is 3.56. The van der Waals surface area contributed by atoms with Gasteiger partial charge in [-0.25, -0.2) is 0 Å². The van der Waals surface area contributed by atoms with Gasteiger partial charge in [0.1, 0.15) is 0 Å². The first kappa shape index (κ1) is 6.64. The Kier molecular flexibility index (Phi) is 2.13. The molecule has 0 spiro atoms. The highest BCUT2D eigenvalue weighted by atomic mass is 15.2. The lowest BCUT2D eigenvalue weighted by atomic mass is 9.96. The van der Waals surface area contributed by atoms with Crippen molar-refractivity contribution in [2.45, 2.75) is 12.8 Å². The van der Waals surface area contributed by atoms with E-state index in [-0.39, 0.29) is 0 Å². The van der Waals surface area contributed by atoms with E-state index in [1.807, 2.05) is 0 Å². The molecule has 1 heteroatoms. The second kappa shape index (κ2) is 2.89. The van der Waals surface area contributed by atoms with Gasteiger partial charge in [-0.3, -0.25) is 0 Å². The minimum atomic E-state index is 0.894. The van der Waals surface area contributed by atoms with E-state index in [0.29, 0.717) is 0 Å². The van der Waals surface area contributed by atoms with E-state index in [9.17, 15) is 0 Å². The van der Waals surface area contributed by atoms with Gasteiger partial charge in [0.05, 0.1) is 0 Å². The Morgan fingerprint density at radius 1 is 1.67 bits per heavy atom. The van der Waals surface area contributed by atoms with Crippen LogP contribution in [0.4, 0.5) is 0 Å². The van der Waals surface area contributed by atoms with Crippen LogP contribution in [0.3, 0.4) is 0 Å². The maximum absolute atomic E-state index is 5.13. The summed E-state index contributed by atoms with van der Waals surface area (Å²) in [5, 5.41) is 0. The predicted octanol–water partition coefficient (Wildman–Crippen LogP) is 0.961. The van der Waals surface area contributed by atoms with Gasteiger partial charge in [0.25, 0.3) is 0 Å². The van der Waals surface area contributed by atoms with Crippen LogP contribution in [0.5, 0.6) is 0 Å². The van der Waals surface area contributed by atoms with E-state index < -0.39 is 0 Å². The standard InChI is InChI=1S/C8H13N/c1-3-4-5-8-6-9(2)7-8/h1,8H,4-7H2,2H3. The molecule has 0 aromatic rings. The summed E-state index contributed by atoms with van der Waals surface area (Å²) >= 11 is 0. The van der Waals surface area contributed by atoms with Crippen LogP contribution in [0.2, 0.25) is 0 Å². The van der Waals surface area contributed by atoms with Crippen molar-refractivity contribution >= 4 is 0 Å². The quantitative estimate of drug-likeness (QED) is 0.494. The Morgan fingerprint density at radius 3 is 2.78 bits per heavy atom. The summed E-state index contributed by atoms with van der Waals surface area (Å²) < 4.78 is 0. The third-order valence-electron chi connectivity index (χ3n) is 1.84. The molecule has 0 N–H and O–H groups in total. The van der Waals surface area contributed by atoms with Crippen molar-refractivity contribution in [3.05, 3.63) is 0 Å². The molecule has 0 saturated carbocycles. The van der Waals surface area contributed by atoms with Gasteiger partial charge in [-0.05, 0) is 19.4 Å². The van der Waals surface area contributed by atoms with Gasteiger partial charge in [0, 0.05) is 19.5 Å².